The Morgan fingerprint density at radius 2 is 1.03 bits per heavy atom. The fraction of sp³-hybridized carbons (Fsp3) is 0.538. The third-order valence-corrected chi connectivity index (χ3v) is 5.24. The van der Waals surface area contributed by atoms with Gasteiger partial charge in [0.15, 0.2) is 0 Å². The highest BCUT2D eigenvalue weighted by Crippen LogP contribution is 2.26. The zero-order valence-electron chi connectivity index (χ0n) is 18.4. The molecule has 0 aliphatic heterocycles. The molecule has 2 N–H and O–H groups in total. The smallest absolute Gasteiger partial charge is 0.0958 e. The molecule has 0 aromatic heterocycles. The number of benzene rings is 2. The van der Waals surface area contributed by atoms with Gasteiger partial charge < -0.3 is 15.4 Å². The minimum absolute atomic E-state index is 0.0421. The molecule has 0 radical (unpaired) electrons. The van der Waals surface area contributed by atoms with E-state index in [2.05, 4.69) is 85.1 Å². The molecule has 2 aromatic rings. The first-order chi connectivity index (χ1) is 14.3. The van der Waals surface area contributed by atoms with Crippen molar-refractivity contribution >= 4 is 0 Å². The number of unbranched alkanes of at least 4 members (excludes halogenated alkanes) is 4. The normalized spacial score (nSPS) is 13.3. The van der Waals surface area contributed by atoms with Crippen LogP contribution in [-0.4, -0.2) is 26.2 Å². The van der Waals surface area contributed by atoms with Gasteiger partial charge in [0, 0.05) is 13.1 Å². The van der Waals surface area contributed by atoms with Gasteiger partial charge in [-0.15, -0.1) is 0 Å². The molecule has 2 rings (SSSR count). The maximum absolute atomic E-state index is 6.71. The highest BCUT2D eigenvalue weighted by molar-refractivity contribution is 5.21. The summed E-state index contributed by atoms with van der Waals surface area (Å²) < 4.78 is 6.71. The van der Waals surface area contributed by atoms with E-state index < -0.39 is 0 Å². The molecule has 2 atom stereocenters. The Bertz CT molecular complexity index is 562. The first kappa shape index (κ1) is 23.6. The summed E-state index contributed by atoms with van der Waals surface area (Å²) in [6, 6.07) is 21.2. The summed E-state index contributed by atoms with van der Waals surface area (Å²) in [6.45, 7) is 8.26. The van der Waals surface area contributed by atoms with Gasteiger partial charge in [0.25, 0.3) is 0 Å². The summed E-state index contributed by atoms with van der Waals surface area (Å²) in [6.07, 6.45) is 7.58. The lowest BCUT2D eigenvalue weighted by atomic mass is 10.1. The summed E-state index contributed by atoms with van der Waals surface area (Å²) in [7, 11) is 0. The minimum Gasteiger partial charge on any atom is -0.363 e. The highest BCUT2D eigenvalue weighted by atomic mass is 16.5. The van der Waals surface area contributed by atoms with Gasteiger partial charge in [-0.25, -0.2) is 0 Å². The van der Waals surface area contributed by atoms with Crippen LogP contribution in [0.5, 0.6) is 0 Å². The lowest BCUT2D eigenvalue weighted by Gasteiger charge is -2.26. The molecule has 29 heavy (non-hydrogen) atoms. The molecule has 0 aliphatic carbocycles. The third kappa shape index (κ3) is 9.58. The first-order valence-corrected chi connectivity index (χ1v) is 11.5. The lowest BCUT2D eigenvalue weighted by molar-refractivity contribution is -0.0138. The molecule has 0 saturated heterocycles. The van der Waals surface area contributed by atoms with E-state index in [1.54, 1.807) is 0 Å². The largest absolute Gasteiger partial charge is 0.363 e. The van der Waals surface area contributed by atoms with Gasteiger partial charge in [0.1, 0.15) is 0 Å². The molecule has 160 valence electrons. The van der Waals surface area contributed by atoms with Gasteiger partial charge >= 0.3 is 0 Å². The SMILES string of the molecule is CCCCCNCC(OC(CNCCCCC)c1ccccc1)c1ccccc1. The third-order valence-electron chi connectivity index (χ3n) is 5.24. The maximum atomic E-state index is 6.71. The van der Waals surface area contributed by atoms with E-state index in [1.807, 2.05) is 0 Å². The van der Waals surface area contributed by atoms with Gasteiger partial charge in [-0.2, -0.15) is 0 Å². The zero-order valence-corrected chi connectivity index (χ0v) is 18.4. The molecule has 0 spiro atoms. The molecule has 2 aromatic carbocycles. The molecule has 3 heteroatoms. The molecule has 0 amide bonds. The van der Waals surface area contributed by atoms with Crippen molar-refractivity contribution < 1.29 is 4.74 Å². The topological polar surface area (TPSA) is 33.3 Å². The molecular formula is C26H40N2O. The molecule has 0 aliphatic rings. The standard InChI is InChI=1S/C26H40N2O/c1-3-5-13-19-27-21-25(23-15-9-7-10-16-23)29-26(22-28-20-14-6-4-2)24-17-11-8-12-18-24/h7-12,15-18,25-28H,3-6,13-14,19-22H2,1-2H3. The highest BCUT2D eigenvalue weighted by Gasteiger charge is 2.19. The Morgan fingerprint density at radius 3 is 1.41 bits per heavy atom. The Balaban J connectivity index is 2.02. The number of nitrogens with one attached hydrogen (secondary N) is 2. The molecule has 0 bridgehead atoms. The van der Waals surface area contributed by atoms with E-state index in [9.17, 15) is 0 Å². The number of hydrogen-bond donors (Lipinski definition) is 2. The van der Waals surface area contributed by atoms with Crippen LogP contribution in [0.2, 0.25) is 0 Å². The van der Waals surface area contributed by atoms with Crippen LogP contribution in [-0.2, 0) is 4.74 Å². The van der Waals surface area contributed by atoms with Crippen molar-refractivity contribution in [1.29, 1.82) is 0 Å². The molecule has 2 unspecified atom stereocenters. The van der Waals surface area contributed by atoms with Crippen LogP contribution in [0.3, 0.4) is 0 Å². The zero-order chi connectivity index (χ0) is 20.6. The van der Waals surface area contributed by atoms with Crippen LogP contribution in [0.25, 0.3) is 0 Å². The quantitative estimate of drug-likeness (QED) is 0.339. The molecule has 3 nitrogen and oxygen atoms in total. The van der Waals surface area contributed by atoms with Gasteiger partial charge in [-0.3, -0.25) is 0 Å². The van der Waals surface area contributed by atoms with Gasteiger partial charge in [-0.1, -0.05) is 100 Å². The number of ether oxygens (including phenoxy) is 1. The van der Waals surface area contributed by atoms with E-state index in [0.29, 0.717) is 0 Å². The van der Waals surface area contributed by atoms with Crippen molar-refractivity contribution in [1.82, 2.24) is 10.6 Å². The Labute approximate surface area is 178 Å². The van der Waals surface area contributed by atoms with Crippen molar-refractivity contribution in [3.05, 3.63) is 71.8 Å². The van der Waals surface area contributed by atoms with Gasteiger partial charge in [-0.05, 0) is 37.1 Å². The van der Waals surface area contributed by atoms with Crippen LogP contribution < -0.4 is 10.6 Å². The fourth-order valence-electron chi connectivity index (χ4n) is 3.49. The van der Waals surface area contributed by atoms with Crippen molar-refractivity contribution in [3.8, 4) is 0 Å². The second-order valence-electron chi connectivity index (χ2n) is 7.76. The van der Waals surface area contributed by atoms with Crippen molar-refractivity contribution in [3.63, 3.8) is 0 Å². The predicted octanol–water partition coefficient (Wildman–Crippen LogP) is 6.05. The van der Waals surface area contributed by atoms with Crippen LogP contribution >= 0.6 is 0 Å². The van der Waals surface area contributed by atoms with E-state index in [4.69, 9.17) is 4.74 Å². The summed E-state index contributed by atoms with van der Waals surface area (Å²) in [4.78, 5) is 0. The van der Waals surface area contributed by atoms with E-state index >= 15 is 0 Å². The lowest BCUT2D eigenvalue weighted by Crippen LogP contribution is -2.29. The van der Waals surface area contributed by atoms with Gasteiger partial charge in [0.2, 0.25) is 0 Å². The monoisotopic (exact) mass is 396 g/mol. The average Bonchev–Trinajstić information content (AvgIpc) is 2.78. The summed E-state index contributed by atoms with van der Waals surface area (Å²) in [5.41, 5.74) is 2.48. The van der Waals surface area contributed by atoms with Crippen molar-refractivity contribution in [2.75, 3.05) is 26.2 Å². The fourth-order valence-corrected chi connectivity index (χ4v) is 3.49. The van der Waals surface area contributed by atoms with E-state index in [0.717, 1.165) is 26.2 Å². The van der Waals surface area contributed by atoms with E-state index in [-0.39, 0.29) is 12.2 Å². The summed E-state index contributed by atoms with van der Waals surface area (Å²) in [5, 5.41) is 7.23. The van der Waals surface area contributed by atoms with Crippen molar-refractivity contribution in [2.45, 2.75) is 64.6 Å². The molecule has 0 saturated carbocycles. The number of rotatable bonds is 16. The van der Waals surface area contributed by atoms with Crippen LogP contribution in [0.15, 0.2) is 60.7 Å². The predicted molar refractivity (Wildman–Crippen MR) is 124 cm³/mol. The molecule has 0 fully saturated rings. The first-order valence-electron chi connectivity index (χ1n) is 11.5. The molecule has 0 heterocycles. The Kier molecular flexibility index (Phi) is 12.4. The summed E-state index contributed by atoms with van der Waals surface area (Å²) in [5.74, 6) is 0. The number of hydrogen-bond acceptors (Lipinski definition) is 3. The maximum Gasteiger partial charge on any atom is 0.0958 e. The van der Waals surface area contributed by atoms with Crippen LogP contribution in [0.1, 0.15) is 75.7 Å². The van der Waals surface area contributed by atoms with Crippen molar-refractivity contribution in [2.24, 2.45) is 0 Å². The minimum atomic E-state index is 0.0421. The van der Waals surface area contributed by atoms with Crippen LogP contribution in [0, 0.1) is 0 Å². The summed E-state index contributed by atoms with van der Waals surface area (Å²) >= 11 is 0. The van der Waals surface area contributed by atoms with Gasteiger partial charge in [0.05, 0.1) is 12.2 Å². The Hall–Kier alpha value is -1.68. The average molecular weight is 397 g/mol. The van der Waals surface area contributed by atoms with E-state index in [1.165, 1.54) is 49.7 Å². The van der Waals surface area contributed by atoms with Crippen LogP contribution in [0.4, 0.5) is 0 Å². The second-order valence-corrected chi connectivity index (χ2v) is 7.76. The molecular weight excluding hydrogens is 356 g/mol. The second kappa shape index (κ2) is 15.2. The Morgan fingerprint density at radius 1 is 0.621 bits per heavy atom.